The summed E-state index contributed by atoms with van der Waals surface area (Å²) >= 11 is 5.89. The fraction of sp³-hybridized carbons (Fsp3) is 0.172. The third kappa shape index (κ3) is 6.08. The van der Waals surface area contributed by atoms with Crippen LogP contribution < -0.4 is 18.9 Å². The lowest BCUT2D eigenvalue weighted by Crippen LogP contribution is -2.11. The largest absolute Gasteiger partial charge is 0.493 e. The molecule has 0 unspecified atom stereocenters. The van der Waals surface area contributed by atoms with E-state index in [4.69, 9.17) is 35.3 Å². The third-order valence-corrected chi connectivity index (χ3v) is 6.28. The summed E-state index contributed by atoms with van der Waals surface area (Å²) in [6, 6.07) is 17.1. The predicted molar refractivity (Wildman–Crippen MR) is 146 cm³/mol. The summed E-state index contributed by atoms with van der Waals surface area (Å²) in [5.41, 5.74) is 2.42. The molecule has 11 heteroatoms. The molecule has 1 aliphatic rings. The fourth-order valence-electron chi connectivity index (χ4n) is 4.01. The minimum Gasteiger partial charge on any atom is -0.493 e. The first-order valence-electron chi connectivity index (χ1n) is 12.1. The Hall–Kier alpha value is -4.83. The SMILES string of the molecule is COc1ccc(/C=C(/C(=O)OCc2cn(CC(=O)c3ccc(Cl)cc3)nn2)c2ccc3c(c2)OCO3)cc1OC. The molecular formula is C29H24ClN3O7. The zero-order valence-electron chi connectivity index (χ0n) is 21.6. The molecule has 0 atom stereocenters. The number of methoxy groups -OCH3 is 2. The van der Waals surface area contributed by atoms with Crippen molar-refractivity contribution >= 4 is 35.0 Å². The highest BCUT2D eigenvalue weighted by atomic mass is 35.5. The second kappa shape index (κ2) is 11.9. The van der Waals surface area contributed by atoms with Gasteiger partial charge in [0.15, 0.2) is 28.8 Å². The molecule has 2 heterocycles. The van der Waals surface area contributed by atoms with Crippen LogP contribution in [0.2, 0.25) is 5.02 Å². The Kier molecular flexibility index (Phi) is 7.97. The normalized spacial score (nSPS) is 12.2. The van der Waals surface area contributed by atoms with Crippen molar-refractivity contribution in [1.82, 2.24) is 15.0 Å². The van der Waals surface area contributed by atoms with E-state index in [0.717, 1.165) is 0 Å². The molecule has 0 saturated heterocycles. The summed E-state index contributed by atoms with van der Waals surface area (Å²) < 4.78 is 28.6. The number of Topliss-reactive ketones (excluding diaryl/α,β-unsaturated/α-hetero) is 1. The van der Waals surface area contributed by atoms with Crippen molar-refractivity contribution in [2.75, 3.05) is 21.0 Å². The van der Waals surface area contributed by atoms with E-state index < -0.39 is 5.97 Å². The van der Waals surface area contributed by atoms with Crippen LogP contribution in [0.1, 0.15) is 27.2 Å². The van der Waals surface area contributed by atoms with Gasteiger partial charge in [-0.05, 0) is 65.7 Å². The number of ketones is 1. The van der Waals surface area contributed by atoms with E-state index >= 15 is 0 Å². The molecule has 1 aromatic heterocycles. The van der Waals surface area contributed by atoms with Crippen LogP contribution in [0.3, 0.4) is 0 Å². The van der Waals surface area contributed by atoms with Gasteiger partial charge in [0.25, 0.3) is 0 Å². The maximum absolute atomic E-state index is 13.4. The highest BCUT2D eigenvalue weighted by Crippen LogP contribution is 2.36. The van der Waals surface area contributed by atoms with Gasteiger partial charge in [-0.3, -0.25) is 4.79 Å². The first-order valence-corrected chi connectivity index (χ1v) is 12.5. The number of ether oxygens (including phenoxy) is 5. The smallest absolute Gasteiger partial charge is 0.339 e. The first-order chi connectivity index (χ1) is 19.4. The van der Waals surface area contributed by atoms with Gasteiger partial charge < -0.3 is 23.7 Å². The van der Waals surface area contributed by atoms with Crippen molar-refractivity contribution in [3.63, 3.8) is 0 Å². The number of hydrogen-bond donors (Lipinski definition) is 0. The van der Waals surface area contributed by atoms with Crippen LogP contribution in [0, 0.1) is 0 Å². The number of benzene rings is 3. The highest BCUT2D eigenvalue weighted by Gasteiger charge is 2.20. The Bertz CT molecular complexity index is 1580. The third-order valence-electron chi connectivity index (χ3n) is 6.03. The van der Waals surface area contributed by atoms with Gasteiger partial charge in [0.1, 0.15) is 18.8 Å². The van der Waals surface area contributed by atoms with E-state index in [1.165, 1.54) is 11.8 Å². The summed E-state index contributed by atoms with van der Waals surface area (Å²) in [5, 5.41) is 8.55. The molecule has 5 rings (SSSR count). The molecule has 0 spiro atoms. The lowest BCUT2D eigenvalue weighted by atomic mass is 10.0. The first kappa shape index (κ1) is 26.8. The van der Waals surface area contributed by atoms with Crippen molar-refractivity contribution in [3.05, 3.63) is 94.3 Å². The van der Waals surface area contributed by atoms with Crippen LogP contribution in [0.25, 0.3) is 11.6 Å². The van der Waals surface area contributed by atoms with E-state index in [-0.39, 0.29) is 31.3 Å². The van der Waals surface area contributed by atoms with Crippen LogP contribution in [0.15, 0.2) is 66.9 Å². The Morgan fingerprint density at radius 2 is 1.70 bits per heavy atom. The van der Waals surface area contributed by atoms with Gasteiger partial charge in [-0.25, -0.2) is 9.48 Å². The summed E-state index contributed by atoms with van der Waals surface area (Å²) in [7, 11) is 3.08. The van der Waals surface area contributed by atoms with Crippen molar-refractivity contribution in [3.8, 4) is 23.0 Å². The predicted octanol–water partition coefficient (Wildman–Crippen LogP) is 4.84. The minimum atomic E-state index is -0.597. The molecular weight excluding hydrogens is 538 g/mol. The average Bonchev–Trinajstić information content (AvgIpc) is 3.63. The van der Waals surface area contributed by atoms with E-state index in [2.05, 4.69) is 10.3 Å². The molecule has 0 radical (unpaired) electrons. The monoisotopic (exact) mass is 561 g/mol. The molecule has 3 aromatic carbocycles. The van der Waals surface area contributed by atoms with E-state index in [1.54, 1.807) is 80.0 Å². The topological polar surface area (TPSA) is 111 Å². The van der Waals surface area contributed by atoms with E-state index in [9.17, 15) is 9.59 Å². The average molecular weight is 562 g/mol. The quantitative estimate of drug-likeness (QED) is 0.116. The second-order valence-electron chi connectivity index (χ2n) is 8.65. The molecule has 1 aliphatic heterocycles. The van der Waals surface area contributed by atoms with Gasteiger partial charge in [0, 0.05) is 10.6 Å². The molecule has 10 nitrogen and oxygen atoms in total. The summed E-state index contributed by atoms with van der Waals surface area (Å²) in [4.78, 5) is 25.9. The zero-order chi connectivity index (χ0) is 28.1. The van der Waals surface area contributed by atoms with Gasteiger partial charge in [0.2, 0.25) is 6.79 Å². The summed E-state index contributed by atoms with van der Waals surface area (Å²) in [6.45, 7) is -0.0693. The van der Waals surface area contributed by atoms with Gasteiger partial charge in [-0.15, -0.1) is 5.10 Å². The maximum Gasteiger partial charge on any atom is 0.339 e. The second-order valence-corrected chi connectivity index (χ2v) is 9.09. The van der Waals surface area contributed by atoms with Crippen LogP contribution in [0.4, 0.5) is 0 Å². The molecule has 0 saturated carbocycles. The van der Waals surface area contributed by atoms with Crippen LogP contribution >= 0.6 is 11.6 Å². The van der Waals surface area contributed by atoms with Crippen LogP contribution in [-0.2, 0) is 22.7 Å². The fourth-order valence-corrected chi connectivity index (χ4v) is 4.13. The number of carbonyl (C=O) groups is 2. The molecule has 0 amide bonds. The molecule has 0 fully saturated rings. The lowest BCUT2D eigenvalue weighted by molar-refractivity contribution is -0.137. The van der Waals surface area contributed by atoms with Gasteiger partial charge in [0.05, 0.1) is 26.0 Å². The van der Waals surface area contributed by atoms with Crippen molar-refractivity contribution in [2.24, 2.45) is 0 Å². The van der Waals surface area contributed by atoms with Crippen LogP contribution in [-0.4, -0.2) is 47.8 Å². The number of carbonyl (C=O) groups excluding carboxylic acids is 2. The Labute approximate surface area is 234 Å². The standard InChI is InChI=1S/C29H24ClN3O7/c1-36-25-9-3-18(12-27(25)37-2)11-23(20-6-10-26-28(13-20)40-17-39-26)29(35)38-16-22-14-33(32-31-22)15-24(34)19-4-7-21(30)8-5-19/h3-14H,15-17H2,1-2H3/b23-11+. The van der Waals surface area contributed by atoms with Gasteiger partial charge in [-0.1, -0.05) is 28.9 Å². The molecule has 204 valence electrons. The van der Waals surface area contributed by atoms with Gasteiger partial charge in [-0.2, -0.15) is 0 Å². The lowest BCUT2D eigenvalue weighted by Gasteiger charge is -2.11. The number of rotatable bonds is 10. The van der Waals surface area contributed by atoms with Gasteiger partial charge >= 0.3 is 5.97 Å². The highest BCUT2D eigenvalue weighted by molar-refractivity contribution is 6.30. The van der Waals surface area contributed by atoms with Crippen molar-refractivity contribution < 1.29 is 33.3 Å². The molecule has 40 heavy (non-hydrogen) atoms. The molecule has 0 bridgehead atoms. The summed E-state index contributed by atoms with van der Waals surface area (Å²) in [6.07, 6.45) is 3.24. The molecule has 0 aliphatic carbocycles. The zero-order valence-corrected chi connectivity index (χ0v) is 22.4. The number of hydrogen-bond acceptors (Lipinski definition) is 9. The number of halogens is 1. The Balaban J connectivity index is 1.34. The molecule has 0 N–H and O–H groups in total. The number of esters is 1. The number of aromatic nitrogens is 3. The van der Waals surface area contributed by atoms with Crippen molar-refractivity contribution in [1.29, 1.82) is 0 Å². The van der Waals surface area contributed by atoms with E-state index in [0.29, 0.717) is 50.4 Å². The van der Waals surface area contributed by atoms with E-state index in [1.807, 2.05) is 0 Å². The number of nitrogens with zero attached hydrogens (tertiary/aromatic N) is 3. The van der Waals surface area contributed by atoms with Crippen LogP contribution in [0.5, 0.6) is 23.0 Å². The molecule has 4 aromatic rings. The Morgan fingerprint density at radius 1 is 0.950 bits per heavy atom. The maximum atomic E-state index is 13.4. The minimum absolute atomic E-state index is 0.0236. The Morgan fingerprint density at radius 3 is 2.48 bits per heavy atom. The van der Waals surface area contributed by atoms with Crippen molar-refractivity contribution in [2.45, 2.75) is 13.2 Å². The number of fused-ring (bicyclic) bond motifs is 1. The summed E-state index contributed by atoms with van der Waals surface area (Å²) in [5.74, 6) is 1.43.